The van der Waals surface area contributed by atoms with Crippen LogP contribution in [0, 0.1) is 52.3 Å². The van der Waals surface area contributed by atoms with Crippen LogP contribution in [0.1, 0.15) is 91.3 Å². The summed E-state index contributed by atoms with van der Waals surface area (Å²) >= 11 is 0. The number of hydrogen-bond acceptors (Lipinski definition) is 6. The molecule has 210 valence electrons. The summed E-state index contributed by atoms with van der Waals surface area (Å²) in [7, 11) is -3.39. The van der Waals surface area contributed by atoms with Crippen molar-refractivity contribution in [1.29, 1.82) is 0 Å². The van der Waals surface area contributed by atoms with Gasteiger partial charge in [-0.3, -0.25) is 9.82 Å². The number of aliphatic hydroxyl groups excluding tert-OH is 2. The van der Waals surface area contributed by atoms with Crippen LogP contribution in [0.15, 0.2) is 0 Å². The van der Waals surface area contributed by atoms with Crippen LogP contribution in [0.3, 0.4) is 0 Å². The molecule has 0 saturated heterocycles. The fourth-order valence-electron chi connectivity index (χ4n) is 10.1. The highest BCUT2D eigenvalue weighted by Crippen LogP contribution is 2.69. The van der Waals surface area contributed by atoms with Crippen LogP contribution in [0.4, 0.5) is 5.95 Å². The van der Waals surface area contributed by atoms with Gasteiger partial charge < -0.3 is 10.2 Å². The van der Waals surface area contributed by atoms with Gasteiger partial charge in [0, 0.05) is 6.42 Å². The van der Waals surface area contributed by atoms with Crippen LogP contribution in [0.25, 0.3) is 0 Å². The summed E-state index contributed by atoms with van der Waals surface area (Å²) in [5, 5.41) is 29.3. The highest BCUT2D eigenvalue weighted by Gasteiger charge is 2.64. The molecule has 8 nitrogen and oxygen atoms in total. The van der Waals surface area contributed by atoms with Crippen molar-refractivity contribution in [2.45, 2.75) is 104 Å². The maximum Gasteiger partial charge on any atom is 0.255 e. The van der Waals surface area contributed by atoms with E-state index in [-0.39, 0.29) is 29.0 Å². The quantitative estimate of drug-likeness (QED) is 0.410. The number of nitrogens with zero attached hydrogens (tertiary/aromatic N) is 2. The normalized spacial score (nSPS) is 44.5. The zero-order valence-corrected chi connectivity index (χ0v) is 24.1. The molecule has 4 unspecified atom stereocenters. The summed E-state index contributed by atoms with van der Waals surface area (Å²) in [6.07, 6.45) is 11.1. The van der Waals surface area contributed by atoms with Crippen molar-refractivity contribution < 1.29 is 18.6 Å². The van der Waals surface area contributed by atoms with Crippen molar-refractivity contribution in [2.75, 3.05) is 11.0 Å². The molecule has 0 amide bonds. The first-order chi connectivity index (χ1) is 17.4. The van der Waals surface area contributed by atoms with E-state index in [0.29, 0.717) is 47.2 Å². The molecule has 4 aliphatic rings. The number of nitrogens with one attached hydrogen (secondary N) is 2. The Morgan fingerprint density at radius 3 is 2.49 bits per heavy atom. The van der Waals surface area contributed by atoms with Gasteiger partial charge >= 0.3 is 0 Å². The second-order valence-electron chi connectivity index (χ2n) is 13.6. The van der Waals surface area contributed by atoms with E-state index in [1.165, 1.54) is 25.7 Å². The van der Waals surface area contributed by atoms with E-state index in [1.54, 1.807) is 0 Å². The van der Waals surface area contributed by atoms with E-state index in [1.807, 2.05) is 0 Å². The van der Waals surface area contributed by atoms with Gasteiger partial charge in [-0.1, -0.05) is 34.1 Å². The van der Waals surface area contributed by atoms with Gasteiger partial charge in [-0.25, -0.2) is 8.42 Å². The maximum atomic E-state index is 11.9. The number of aryl methyl sites for hydroxylation is 1. The van der Waals surface area contributed by atoms with Gasteiger partial charge in [-0.05, 0) is 104 Å². The van der Waals surface area contributed by atoms with Crippen LogP contribution in [-0.2, 0) is 16.4 Å². The van der Waals surface area contributed by atoms with Gasteiger partial charge in [-0.2, -0.15) is 4.98 Å². The van der Waals surface area contributed by atoms with Crippen molar-refractivity contribution in [1.82, 2.24) is 15.2 Å². The molecule has 0 aliphatic heterocycles. The number of rotatable bonds is 7. The number of aromatic amines is 1. The van der Waals surface area contributed by atoms with Crippen molar-refractivity contribution in [3.05, 3.63) is 5.82 Å². The molecule has 1 aromatic heterocycles. The molecule has 0 spiro atoms. The first-order valence-corrected chi connectivity index (χ1v) is 16.5. The number of aliphatic hydroxyl groups is 2. The molecule has 4 aliphatic carbocycles. The Kier molecular flexibility index (Phi) is 7.23. The Bertz CT molecular complexity index is 1080. The Balaban J connectivity index is 1.30. The number of sulfonamides is 1. The van der Waals surface area contributed by atoms with Gasteiger partial charge in [0.25, 0.3) is 5.95 Å². The Morgan fingerprint density at radius 1 is 1.08 bits per heavy atom. The molecular weight excluding hydrogens is 488 g/mol. The van der Waals surface area contributed by atoms with Gasteiger partial charge in [0.05, 0.1) is 18.5 Å². The lowest BCUT2D eigenvalue weighted by Gasteiger charge is -2.64. The van der Waals surface area contributed by atoms with Crippen LogP contribution in [0.2, 0.25) is 0 Å². The van der Waals surface area contributed by atoms with Crippen LogP contribution in [0.5, 0.6) is 0 Å². The second kappa shape index (κ2) is 9.77. The summed E-state index contributed by atoms with van der Waals surface area (Å²) in [6, 6.07) is 0. The molecule has 4 saturated carbocycles. The summed E-state index contributed by atoms with van der Waals surface area (Å²) in [6.45, 7) is 9.61. The summed E-state index contributed by atoms with van der Waals surface area (Å²) < 4.78 is 25.3. The van der Waals surface area contributed by atoms with Crippen LogP contribution < -0.4 is 4.72 Å². The van der Waals surface area contributed by atoms with Gasteiger partial charge in [0.1, 0.15) is 5.82 Å². The lowest BCUT2D eigenvalue weighted by Crippen LogP contribution is -2.62. The van der Waals surface area contributed by atoms with Crippen molar-refractivity contribution in [2.24, 2.45) is 52.3 Å². The minimum Gasteiger partial charge on any atom is -0.393 e. The minimum absolute atomic E-state index is 0.107. The molecule has 0 bridgehead atoms. The topological polar surface area (TPSA) is 128 Å². The average molecular weight is 537 g/mol. The van der Waals surface area contributed by atoms with Crippen LogP contribution >= 0.6 is 0 Å². The van der Waals surface area contributed by atoms with Gasteiger partial charge in [0.2, 0.25) is 10.0 Å². The molecule has 9 heteroatoms. The third-order valence-electron chi connectivity index (χ3n) is 11.8. The Morgan fingerprint density at radius 2 is 1.78 bits per heavy atom. The van der Waals surface area contributed by atoms with Crippen molar-refractivity contribution >= 4 is 16.0 Å². The molecule has 0 aromatic carbocycles. The molecular formula is C28H48N4O4S. The fraction of sp³-hybridized carbons (Fsp3) is 0.929. The standard InChI is InChI=1S/C28H48N4O4S/c1-6-18-22-15-17(33)11-13-28(22,4)21-12-14-27(3)19(8-9-20(27)24(21)25(18)34)16(2)7-10-23-29-26(31-30-23)32-37(5,35)36/h16-22,24-25,33-34H,6-15H2,1-5H3,(H2,29,30,31,32)/t16-,17-,18-,19?,20+,21+,22?,24+,25-,27?,28?/m1/s1. The van der Waals surface area contributed by atoms with E-state index in [2.05, 4.69) is 47.6 Å². The smallest absolute Gasteiger partial charge is 0.255 e. The first kappa shape index (κ1) is 27.4. The second-order valence-corrected chi connectivity index (χ2v) is 15.4. The lowest BCUT2D eigenvalue weighted by atomic mass is 9.41. The summed E-state index contributed by atoms with van der Waals surface area (Å²) in [4.78, 5) is 4.32. The number of fused-ring (bicyclic) bond motifs is 5. The Hall–Kier alpha value is -1.19. The summed E-state index contributed by atoms with van der Waals surface area (Å²) in [5.74, 6) is 4.16. The number of hydrogen-bond donors (Lipinski definition) is 4. The van der Waals surface area contributed by atoms with E-state index in [9.17, 15) is 18.6 Å². The first-order valence-electron chi connectivity index (χ1n) is 14.6. The maximum absolute atomic E-state index is 11.9. The SMILES string of the molecule is CC[C@@H]1C2C[C@H](O)CCC2(C)[C@H]2CCC3(C)C([C@H](C)CCc4nc(NS(C)(=O)=O)n[nH]4)CC[C@H]3[C@@H]2[C@@H]1O. The van der Waals surface area contributed by atoms with Crippen LogP contribution in [-0.4, -0.2) is 52.3 Å². The monoisotopic (exact) mass is 536 g/mol. The zero-order chi connectivity index (χ0) is 26.8. The molecule has 1 aromatic rings. The molecule has 0 radical (unpaired) electrons. The van der Waals surface area contributed by atoms with E-state index >= 15 is 0 Å². The predicted octanol–water partition coefficient (Wildman–Crippen LogP) is 4.37. The molecule has 4 N–H and O–H groups in total. The number of aromatic nitrogens is 3. The molecule has 4 fully saturated rings. The highest BCUT2D eigenvalue weighted by molar-refractivity contribution is 7.91. The largest absolute Gasteiger partial charge is 0.393 e. The van der Waals surface area contributed by atoms with E-state index in [0.717, 1.165) is 44.8 Å². The average Bonchev–Trinajstić information content (AvgIpc) is 3.41. The Labute approximate surface area is 222 Å². The third-order valence-corrected chi connectivity index (χ3v) is 12.3. The van der Waals surface area contributed by atoms with Gasteiger partial charge in [-0.15, -0.1) is 5.10 Å². The van der Waals surface area contributed by atoms with E-state index < -0.39 is 10.0 Å². The van der Waals surface area contributed by atoms with Crippen molar-refractivity contribution in [3.8, 4) is 0 Å². The fourth-order valence-corrected chi connectivity index (χ4v) is 10.5. The predicted molar refractivity (Wildman–Crippen MR) is 144 cm³/mol. The number of H-pyrrole nitrogens is 1. The number of anilines is 1. The summed E-state index contributed by atoms with van der Waals surface area (Å²) in [5.41, 5.74) is 0.473. The molecule has 11 atom stereocenters. The van der Waals surface area contributed by atoms with E-state index in [4.69, 9.17) is 0 Å². The van der Waals surface area contributed by atoms with Crippen molar-refractivity contribution in [3.63, 3.8) is 0 Å². The zero-order valence-electron chi connectivity index (χ0n) is 23.3. The molecule has 5 rings (SSSR count). The molecule has 37 heavy (non-hydrogen) atoms. The highest BCUT2D eigenvalue weighted by atomic mass is 32.2. The third kappa shape index (κ3) is 4.75. The minimum atomic E-state index is -3.39. The van der Waals surface area contributed by atoms with Gasteiger partial charge in [0.15, 0.2) is 0 Å². The lowest BCUT2D eigenvalue weighted by molar-refractivity contribution is -0.203. The molecule has 1 heterocycles.